The van der Waals surface area contributed by atoms with E-state index in [9.17, 15) is 18.3 Å². The van der Waals surface area contributed by atoms with Crippen LogP contribution in [0.2, 0.25) is 4.34 Å². The molecule has 156 valence electrons. The lowest BCUT2D eigenvalue weighted by Crippen LogP contribution is -2.42. The molecule has 0 spiro atoms. The molecule has 0 aliphatic heterocycles. The molecule has 0 fully saturated rings. The maximum Gasteiger partial charge on any atom is 0.423 e. The number of aromatic nitrogens is 3. The van der Waals surface area contributed by atoms with Gasteiger partial charge in [-0.25, -0.2) is 4.68 Å². The van der Waals surface area contributed by atoms with E-state index in [0.29, 0.717) is 4.34 Å². The van der Waals surface area contributed by atoms with Crippen molar-refractivity contribution in [3.8, 4) is 11.1 Å². The van der Waals surface area contributed by atoms with Gasteiger partial charge in [-0.2, -0.15) is 13.2 Å². The van der Waals surface area contributed by atoms with Crippen LogP contribution in [-0.4, -0.2) is 26.3 Å². The van der Waals surface area contributed by atoms with Gasteiger partial charge in [0.25, 0.3) is 0 Å². The highest BCUT2D eigenvalue weighted by Crippen LogP contribution is 2.43. The fourth-order valence-electron chi connectivity index (χ4n) is 3.36. The molecule has 2 heterocycles. The molecule has 4 aromatic rings. The van der Waals surface area contributed by atoms with Gasteiger partial charge in [0.1, 0.15) is 10.0 Å². The number of rotatable bonds is 5. The Morgan fingerprint density at radius 2 is 1.87 bits per heavy atom. The van der Waals surface area contributed by atoms with Crippen molar-refractivity contribution in [3.63, 3.8) is 0 Å². The third-order valence-corrected chi connectivity index (χ3v) is 6.42. The third-order valence-electron chi connectivity index (χ3n) is 5.06. The summed E-state index contributed by atoms with van der Waals surface area (Å²) in [6.07, 6.45) is -4.24. The lowest BCUT2D eigenvalue weighted by Gasteiger charge is -2.26. The summed E-state index contributed by atoms with van der Waals surface area (Å²) in [6, 6.07) is 15.6. The molecule has 1 unspecified atom stereocenters. The average Bonchev–Trinajstić information content (AvgIpc) is 3.30. The average molecular weight is 452 g/mol. The van der Waals surface area contributed by atoms with Gasteiger partial charge in [0.2, 0.25) is 5.60 Å². The molecule has 0 saturated carbocycles. The third kappa shape index (κ3) is 3.59. The quantitative estimate of drug-likeness (QED) is 0.403. The zero-order valence-corrected chi connectivity index (χ0v) is 17.4. The number of hydrogen-bond donors (Lipinski definition) is 1. The van der Waals surface area contributed by atoms with Crippen LogP contribution in [0.15, 0.2) is 54.7 Å². The van der Waals surface area contributed by atoms with Gasteiger partial charge < -0.3 is 5.11 Å². The standard InChI is InChI=1S/C21H17ClF3N3OS/c1-2-20(29,21(23,24)25)17-12-28(27-26-17)11-13-8-9-15-16(10-13)30-19(22)18(15)14-6-4-3-5-7-14/h3-10,12,29H,2,11H2,1H3. The van der Waals surface area contributed by atoms with Gasteiger partial charge in [-0.15, -0.1) is 16.4 Å². The first kappa shape index (κ1) is 20.8. The molecule has 0 aliphatic rings. The van der Waals surface area contributed by atoms with E-state index >= 15 is 0 Å². The van der Waals surface area contributed by atoms with E-state index in [2.05, 4.69) is 10.3 Å². The Balaban J connectivity index is 1.64. The van der Waals surface area contributed by atoms with Gasteiger partial charge in [0.15, 0.2) is 0 Å². The number of nitrogens with zero attached hydrogens (tertiary/aromatic N) is 3. The zero-order valence-electron chi connectivity index (χ0n) is 15.8. The maximum atomic E-state index is 13.2. The van der Waals surface area contributed by atoms with Crippen LogP contribution in [0.25, 0.3) is 21.2 Å². The lowest BCUT2D eigenvalue weighted by atomic mass is 9.96. The minimum absolute atomic E-state index is 0.219. The Morgan fingerprint density at radius 3 is 2.53 bits per heavy atom. The Hall–Kier alpha value is -2.42. The summed E-state index contributed by atoms with van der Waals surface area (Å²) in [5.41, 5.74) is -0.702. The highest BCUT2D eigenvalue weighted by molar-refractivity contribution is 7.23. The molecule has 2 aromatic heterocycles. The van der Waals surface area contributed by atoms with E-state index in [0.717, 1.165) is 33.0 Å². The van der Waals surface area contributed by atoms with Gasteiger partial charge in [0.05, 0.1) is 12.7 Å². The lowest BCUT2D eigenvalue weighted by molar-refractivity contribution is -0.269. The fraction of sp³-hybridized carbons (Fsp3) is 0.238. The largest absolute Gasteiger partial charge is 0.423 e. The zero-order chi connectivity index (χ0) is 21.5. The summed E-state index contributed by atoms with van der Waals surface area (Å²) in [5, 5.41) is 18.4. The smallest absolute Gasteiger partial charge is 0.375 e. The van der Waals surface area contributed by atoms with E-state index in [1.165, 1.54) is 22.9 Å². The molecule has 9 heteroatoms. The molecule has 0 amide bonds. The van der Waals surface area contributed by atoms with Crippen LogP contribution in [0, 0.1) is 0 Å². The number of benzene rings is 2. The van der Waals surface area contributed by atoms with Gasteiger partial charge in [0, 0.05) is 15.6 Å². The van der Waals surface area contributed by atoms with Crippen LogP contribution in [-0.2, 0) is 12.1 Å². The van der Waals surface area contributed by atoms with Crippen molar-refractivity contribution in [2.45, 2.75) is 31.7 Å². The molecule has 30 heavy (non-hydrogen) atoms. The van der Waals surface area contributed by atoms with Crippen molar-refractivity contribution in [1.29, 1.82) is 0 Å². The molecule has 2 aromatic carbocycles. The van der Waals surface area contributed by atoms with E-state index < -0.39 is 23.9 Å². The molecule has 0 aliphatic carbocycles. The van der Waals surface area contributed by atoms with Crippen LogP contribution in [0.1, 0.15) is 24.6 Å². The summed E-state index contributed by atoms with van der Waals surface area (Å²) in [7, 11) is 0. The first-order chi connectivity index (χ1) is 14.2. The Bertz CT molecular complexity index is 1190. The molecule has 0 radical (unpaired) electrons. The highest BCUT2D eigenvalue weighted by atomic mass is 35.5. The van der Waals surface area contributed by atoms with E-state index in [1.807, 2.05) is 48.5 Å². The summed E-state index contributed by atoms with van der Waals surface area (Å²) in [5.74, 6) is 0. The predicted molar refractivity (Wildman–Crippen MR) is 112 cm³/mol. The van der Waals surface area contributed by atoms with Gasteiger partial charge in [-0.3, -0.25) is 0 Å². The number of thiophene rings is 1. The SMILES string of the molecule is CCC(O)(c1cn(Cc2ccc3c(-c4ccccc4)c(Cl)sc3c2)nn1)C(F)(F)F. The minimum Gasteiger partial charge on any atom is -0.375 e. The van der Waals surface area contributed by atoms with Crippen molar-refractivity contribution < 1.29 is 18.3 Å². The number of halogens is 4. The topological polar surface area (TPSA) is 50.9 Å². The Labute approximate surface area is 179 Å². The van der Waals surface area contributed by atoms with Gasteiger partial charge >= 0.3 is 6.18 Å². The predicted octanol–water partition coefficient (Wildman–Crippen LogP) is 6.02. The Morgan fingerprint density at radius 1 is 1.13 bits per heavy atom. The van der Waals surface area contributed by atoms with Crippen LogP contribution < -0.4 is 0 Å². The Kier molecular flexibility index (Phi) is 5.34. The second kappa shape index (κ2) is 7.68. The molecule has 4 rings (SSSR count). The maximum absolute atomic E-state index is 13.2. The minimum atomic E-state index is -4.83. The highest BCUT2D eigenvalue weighted by Gasteiger charge is 2.55. The summed E-state index contributed by atoms with van der Waals surface area (Å²) >= 11 is 7.93. The van der Waals surface area contributed by atoms with Crippen LogP contribution in [0.3, 0.4) is 0 Å². The molecule has 0 saturated heterocycles. The molecule has 1 atom stereocenters. The number of hydrogen-bond acceptors (Lipinski definition) is 4. The molecule has 4 nitrogen and oxygen atoms in total. The summed E-state index contributed by atoms with van der Waals surface area (Å²) in [4.78, 5) is 0. The van der Waals surface area contributed by atoms with Crippen LogP contribution in [0.4, 0.5) is 13.2 Å². The van der Waals surface area contributed by atoms with Crippen LogP contribution in [0.5, 0.6) is 0 Å². The first-order valence-corrected chi connectivity index (χ1v) is 10.4. The second-order valence-electron chi connectivity index (χ2n) is 6.96. The normalized spacial score (nSPS) is 14.2. The molecule has 0 bridgehead atoms. The van der Waals surface area contributed by atoms with E-state index in [-0.39, 0.29) is 6.54 Å². The van der Waals surface area contributed by atoms with Crippen molar-refractivity contribution in [1.82, 2.24) is 15.0 Å². The number of alkyl halides is 3. The number of aliphatic hydroxyl groups is 1. The van der Waals surface area contributed by atoms with Crippen molar-refractivity contribution >= 4 is 33.0 Å². The molecular weight excluding hydrogens is 435 g/mol. The molecular formula is C21H17ClF3N3OS. The summed E-state index contributed by atoms with van der Waals surface area (Å²) < 4.78 is 42.7. The van der Waals surface area contributed by atoms with Crippen molar-refractivity contribution in [2.24, 2.45) is 0 Å². The molecule has 1 N–H and O–H groups in total. The van der Waals surface area contributed by atoms with E-state index in [4.69, 9.17) is 11.6 Å². The van der Waals surface area contributed by atoms with Gasteiger partial charge in [-0.1, -0.05) is 66.2 Å². The van der Waals surface area contributed by atoms with Gasteiger partial charge in [-0.05, 0) is 23.6 Å². The fourth-order valence-corrected chi connectivity index (χ4v) is 4.84. The second-order valence-corrected chi connectivity index (χ2v) is 8.61. The van der Waals surface area contributed by atoms with E-state index in [1.54, 1.807) is 0 Å². The monoisotopic (exact) mass is 451 g/mol. The number of fused-ring (bicyclic) bond motifs is 1. The van der Waals surface area contributed by atoms with Crippen molar-refractivity contribution in [3.05, 3.63) is 70.3 Å². The first-order valence-electron chi connectivity index (χ1n) is 9.19. The summed E-state index contributed by atoms with van der Waals surface area (Å²) in [6.45, 7) is 1.47. The van der Waals surface area contributed by atoms with Crippen LogP contribution >= 0.6 is 22.9 Å². The van der Waals surface area contributed by atoms with Crippen molar-refractivity contribution in [2.75, 3.05) is 0 Å².